The van der Waals surface area contributed by atoms with Gasteiger partial charge in [0.25, 0.3) is 5.91 Å². The lowest BCUT2D eigenvalue weighted by molar-refractivity contribution is 0.0988. The lowest BCUT2D eigenvalue weighted by Gasteiger charge is -2.21. The second kappa shape index (κ2) is 9.03. The standard InChI is InChI=1S/C19H26N4O/c1-4-23(18-9-6-5-7-10-18)19(24)16-13-17(15-20-14-16)21-11-8-12-22(2)3/h5-7,9-10,13-15,21H,4,8,11-12H2,1-3H3. The van der Waals surface area contributed by atoms with Crippen molar-refractivity contribution in [3.63, 3.8) is 0 Å². The highest BCUT2D eigenvalue weighted by molar-refractivity contribution is 6.06. The minimum absolute atomic E-state index is 0.0341. The van der Waals surface area contributed by atoms with E-state index in [1.54, 1.807) is 17.3 Å². The summed E-state index contributed by atoms with van der Waals surface area (Å²) in [5.74, 6) is -0.0341. The molecule has 128 valence electrons. The zero-order chi connectivity index (χ0) is 17.4. The van der Waals surface area contributed by atoms with Crippen molar-refractivity contribution in [3.8, 4) is 0 Å². The number of pyridine rings is 1. The molecule has 0 radical (unpaired) electrons. The van der Waals surface area contributed by atoms with E-state index in [0.29, 0.717) is 12.1 Å². The largest absolute Gasteiger partial charge is 0.384 e. The summed E-state index contributed by atoms with van der Waals surface area (Å²) in [5.41, 5.74) is 2.37. The molecule has 5 nitrogen and oxygen atoms in total. The normalized spacial score (nSPS) is 10.7. The fourth-order valence-electron chi connectivity index (χ4n) is 2.49. The Kier molecular flexibility index (Phi) is 6.75. The van der Waals surface area contributed by atoms with Crippen LogP contribution >= 0.6 is 0 Å². The molecule has 0 atom stereocenters. The van der Waals surface area contributed by atoms with Crippen molar-refractivity contribution >= 4 is 17.3 Å². The highest BCUT2D eigenvalue weighted by Crippen LogP contribution is 2.18. The van der Waals surface area contributed by atoms with Gasteiger partial charge >= 0.3 is 0 Å². The first kappa shape index (κ1) is 17.9. The maximum atomic E-state index is 12.8. The second-order valence-corrected chi connectivity index (χ2v) is 5.93. The number of carbonyl (C=O) groups excluding carboxylic acids is 1. The second-order valence-electron chi connectivity index (χ2n) is 5.93. The van der Waals surface area contributed by atoms with E-state index in [2.05, 4.69) is 29.3 Å². The van der Waals surface area contributed by atoms with E-state index in [1.165, 1.54) is 0 Å². The maximum Gasteiger partial charge on any atom is 0.259 e. The molecule has 2 aromatic rings. The van der Waals surface area contributed by atoms with Gasteiger partial charge < -0.3 is 15.1 Å². The van der Waals surface area contributed by atoms with Crippen molar-refractivity contribution < 1.29 is 4.79 Å². The van der Waals surface area contributed by atoms with Gasteiger partial charge in [-0.3, -0.25) is 9.78 Å². The first-order chi connectivity index (χ1) is 11.6. The molecular weight excluding hydrogens is 300 g/mol. The molecule has 0 saturated heterocycles. The van der Waals surface area contributed by atoms with Gasteiger partial charge in [0.2, 0.25) is 0 Å². The van der Waals surface area contributed by atoms with Gasteiger partial charge in [0, 0.05) is 31.2 Å². The van der Waals surface area contributed by atoms with Crippen molar-refractivity contribution in [2.24, 2.45) is 0 Å². The Balaban J connectivity index is 2.05. The number of amides is 1. The average molecular weight is 326 g/mol. The van der Waals surface area contributed by atoms with Gasteiger partial charge in [0.05, 0.1) is 11.3 Å². The predicted molar refractivity (Wildman–Crippen MR) is 99.7 cm³/mol. The SMILES string of the molecule is CCN(C(=O)c1cncc(NCCCN(C)C)c1)c1ccccc1. The van der Waals surface area contributed by atoms with Crippen LogP contribution in [0.15, 0.2) is 48.8 Å². The molecule has 1 amide bonds. The number of aromatic nitrogens is 1. The number of hydrogen-bond acceptors (Lipinski definition) is 4. The molecule has 0 unspecified atom stereocenters. The lowest BCUT2D eigenvalue weighted by atomic mass is 10.2. The van der Waals surface area contributed by atoms with Crippen LogP contribution in [0.5, 0.6) is 0 Å². The molecule has 1 heterocycles. The van der Waals surface area contributed by atoms with E-state index in [0.717, 1.165) is 30.9 Å². The van der Waals surface area contributed by atoms with Crippen LogP contribution < -0.4 is 10.2 Å². The fourth-order valence-corrected chi connectivity index (χ4v) is 2.49. The first-order valence-electron chi connectivity index (χ1n) is 8.32. The van der Waals surface area contributed by atoms with Gasteiger partial charge in [-0.1, -0.05) is 18.2 Å². The maximum absolute atomic E-state index is 12.8. The molecule has 0 spiro atoms. The summed E-state index contributed by atoms with van der Waals surface area (Å²) in [5, 5.41) is 3.33. The molecule has 0 saturated carbocycles. The van der Waals surface area contributed by atoms with Gasteiger partial charge in [-0.2, -0.15) is 0 Å². The summed E-state index contributed by atoms with van der Waals surface area (Å²) in [6.07, 6.45) is 4.42. The zero-order valence-electron chi connectivity index (χ0n) is 14.7. The number of anilines is 2. The molecule has 5 heteroatoms. The van der Waals surface area contributed by atoms with Crippen LogP contribution in [0.2, 0.25) is 0 Å². The first-order valence-corrected chi connectivity index (χ1v) is 8.32. The summed E-state index contributed by atoms with van der Waals surface area (Å²) < 4.78 is 0. The Hall–Kier alpha value is -2.40. The smallest absolute Gasteiger partial charge is 0.259 e. The summed E-state index contributed by atoms with van der Waals surface area (Å²) in [6, 6.07) is 11.6. The number of nitrogens with zero attached hydrogens (tertiary/aromatic N) is 3. The average Bonchev–Trinajstić information content (AvgIpc) is 2.60. The van der Waals surface area contributed by atoms with E-state index in [9.17, 15) is 4.79 Å². The summed E-state index contributed by atoms with van der Waals surface area (Å²) in [7, 11) is 4.12. The van der Waals surface area contributed by atoms with Crippen LogP contribution in [-0.4, -0.2) is 49.5 Å². The van der Waals surface area contributed by atoms with E-state index < -0.39 is 0 Å². The number of hydrogen-bond donors (Lipinski definition) is 1. The quantitative estimate of drug-likeness (QED) is 0.757. The molecule has 0 aliphatic rings. The predicted octanol–water partition coefficient (Wildman–Crippen LogP) is 3.11. The van der Waals surface area contributed by atoms with E-state index in [1.807, 2.05) is 43.3 Å². The topological polar surface area (TPSA) is 48.5 Å². The Morgan fingerprint density at radius 1 is 1.17 bits per heavy atom. The number of rotatable bonds is 8. The third-order valence-corrected chi connectivity index (χ3v) is 3.73. The van der Waals surface area contributed by atoms with Crippen LogP contribution in [0.3, 0.4) is 0 Å². The molecule has 0 aliphatic carbocycles. The Labute approximate surface area is 144 Å². The van der Waals surface area contributed by atoms with E-state index in [4.69, 9.17) is 0 Å². The molecule has 0 aliphatic heterocycles. The van der Waals surface area contributed by atoms with Crippen molar-refractivity contribution in [1.29, 1.82) is 0 Å². The summed E-state index contributed by atoms with van der Waals surface area (Å²) in [6.45, 7) is 4.47. The van der Waals surface area contributed by atoms with Crippen molar-refractivity contribution in [1.82, 2.24) is 9.88 Å². The minimum Gasteiger partial charge on any atom is -0.384 e. The number of benzene rings is 1. The van der Waals surface area contributed by atoms with Gasteiger partial charge in [0.15, 0.2) is 0 Å². The summed E-state index contributed by atoms with van der Waals surface area (Å²) >= 11 is 0. The van der Waals surface area contributed by atoms with Crippen molar-refractivity contribution in [2.75, 3.05) is 43.9 Å². The van der Waals surface area contributed by atoms with E-state index in [-0.39, 0.29) is 5.91 Å². The molecule has 0 fully saturated rings. The van der Waals surface area contributed by atoms with Crippen LogP contribution in [-0.2, 0) is 0 Å². The third kappa shape index (κ3) is 5.06. The van der Waals surface area contributed by atoms with Gasteiger partial charge in [-0.15, -0.1) is 0 Å². The van der Waals surface area contributed by atoms with Crippen molar-refractivity contribution in [2.45, 2.75) is 13.3 Å². The minimum atomic E-state index is -0.0341. The number of para-hydroxylation sites is 1. The molecule has 1 aromatic carbocycles. The van der Waals surface area contributed by atoms with Crippen LogP contribution in [0, 0.1) is 0 Å². The fraction of sp³-hybridized carbons (Fsp3) is 0.368. The Bertz CT molecular complexity index is 643. The molecule has 0 bridgehead atoms. The molecular formula is C19H26N4O. The molecule has 1 N–H and O–H groups in total. The number of nitrogens with one attached hydrogen (secondary N) is 1. The Morgan fingerprint density at radius 3 is 2.58 bits per heavy atom. The van der Waals surface area contributed by atoms with Crippen molar-refractivity contribution in [3.05, 3.63) is 54.4 Å². The zero-order valence-corrected chi connectivity index (χ0v) is 14.7. The molecule has 2 rings (SSSR count). The monoisotopic (exact) mass is 326 g/mol. The van der Waals surface area contributed by atoms with Gasteiger partial charge in [-0.25, -0.2) is 0 Å². The third-order valence-electron chi connectivity index (χ3n) is 3.73. The van der Waals surface area contributed by atoms with Crippen LogP contribution in [0.25, 0.3) is 0 Å². The highest BCUT2D eigenvalue weighted by atomic mass is 16.2. The highest BCUT2D eigenvalue weighted by Gasteiger charge is 2.16. The summed E-state index contributed by atoms with van der Waals surface area (Å²) in [4.78, 5) is 20.9. The lowest BCUT2D eigenvalue weighted by Crippen LogP contribution is -2.30. The van der Waals surface area contributed by atoms with Gasteiger partial charge in [-0.05, 0) is 52.2 Å². The molecule has 24 heavy (non-hydrogen) atoms. The number of carbonyl (C=O) groups is 1. The molecule has 1 aromatic heterocycles. The Morgan fingerprint density at radius 2 is 1.92 bits per heavy atom. The van der Waals surface area contributed by atoms with Crippen LogP contribution in [0.1, 0.15) is 23.7 Å². The van der Waals surface area contributed by atoms with E-state index >= 15 is 0 Å². The van der Waals surface area contributed by atoms with Crippen LogP contribution in [0.4, 0.5) is 11.4 Å². The van der Waals surface area contributed by atoms with Gasteiger partial charge in [0.1, 0.15) is 0 Å².